The molecule has 0 aliphatic heterocycles. The van der Waals surface area contributed by atoms with Gasteiger partial charge in [0.05, 0.1) is 11.9 Å². The van der Waals surface area contributed by atoms with Gasteiger partial charge in [0.15, 0.2) is 0 Å². The fourth-order valence-corrected chi connectivity index (χ4v) is 6.64. The van der Waals surface area contributed by atoms with E-state index in [-0.39, 0.29) is 11.9 Å². The van der Waals surface area contributed by atoms with Gasteiger partial charge in [0.2, 0.25) is 5.91 Å². The highest BCUT2D eigenvalue weighted by atomic mass is 16.1. The van der Waals surface area contributed by atoms with Crippen molar-refractivity contribution in [3.05, 3.63) is 42.1 Å². The second kappa shape index (κ2) is 6.07. The number of hydrogen-bond donors (Lipinski definition) is 1. The largest absolute Gasteiger partial charge is 0.353 e. The topological polar surface area (TPSA) is 42.0 Å². The van der Waals surface area contributed by atoms with E-state index in [1.807, 2.05) is 24.4 Å². The van der Waals surface area contributed by atoms with Crippen LogP contribution >= 0.6 is 0 Å². The van der Waals surface area contributed by atoms with Crippen molar-refractivity contribution in [1.82, 2.24) is 10.3 Å². The van der Waals surface area contributed by atoms with Crippen LogP contribution in [0.4, 0.5) is 0 Å². The summed E-state index contributed by atoms with van der Waals surface area (Å²) >= 11 is 0. The molecule has 136 valence electrons. The van der Waals surface area contributed by atoms with E-state index in [9.17, 15) is 4.79 Å². The quantitative estimate of drug-likeness (QED) is 0.884. The van der Waals surface area contributed by atoms with Crippen LogP contribution in [-0.2, 0) is 11.2 Å². The minimum absolute atomic E-state index is 0.145. The first kappa shape index (κ1) is 16.3. The zero-order chi connectivity index (χ0) is 17.7. The zero-order valence-corrected chi connectivity index (χ0v) is 15.6. The first-order chi connectivity index (χ1) is 12.6. The Kier molecular flexibility index (Phi) is 3.80. The van der Waals surface area contributed by atoms with E-state index in [0.717, 1.165) is 34.2 Å². The lowest BCUT2D eigenvalue weighted by Crippen LogP contribution is -2.56. The lowest BCUT2D eigenvalue weighted by molar-refractivity contribution is -0.125. The molecule has 1 N–H and O–H groups in total. The molecule has 0 saturated heterocycles. The van der Waals surface area contributed by atoms with E-state index in [2.05, 4.69) is 29.4 Å². The van der Waals surface area contributed by atoms with Crippen LogP contribution in [0, 0.1) is 23.2 Å². The first-order valence-corrected chi connectivity index (χ1v) is 10.2. The van der Waals surface area contributed by atoms with E-state index in [1.165, 1.54) is 38.5 Å². The Bertz CT molecular complexity index is 802. The molecule has 1 heterocycles. The summed E-state index contributed by atoms with van der Waals surface area (Å²) in [5.41, 5.74) is 2.34. The van der Waals surface area contributed by atoms with Crippen LogP contribution in [0.3, 0.4) is 0 Å². The molecule has 0 spiro atoms. The molecule has 1 aromatic heterocycles. The van der Waals surface area contributed by atoms with Gasteiger partial charge in [-0.05, 0) is 80.2 Å². The standard InChI is InChI=1S/C23H28N2O/c1-15(23-12-16-8-17(13-23)10-18(9-16)14-23)25-21(26)11-20-5-2-4-19-6-3-7-24-22(19)20/h2-7,15-18H,8-14H2,1H3,(H,25,26)/t15-,16?,17?,18?,23?/m1/s1. The van der Waals surface area contributed by atoms with Crippen molar-refractivity contribution in [3.63, 3.8) is 0 Å². The van der Waals surface area contributed by atoms with Crippen molar-refractivity contribution in [3.8, 4) is 0 Å². The van der Waals surface area contributed by atoms with Gasteiger partial charge in [0.1, 0.15) is 0 Å². The molecule has 4 fully saturated rings. The van der Waals surface area contributed by atoms with Gasteiger partial charge in [0, 0.05) is 17.6 Å². The molecule has 2 aromatic rings. The molecule has 26 heavy (non-hydrogen) atoms. The molecular formula is C23H28N2O. The fourth-order valence-electron chi connectivity index (χ4n) is 6.64. The average molecular weight is 348 g/mol. The lowest BCUT2D eigenvalue weighted by Gasteiger charge is -2.59. The Morgan fingerprint density at radius 2 is 1.77 bits per heavy atom. The molecule has 3 heteroatoms. The van der Waals surface area contributed by atoms with Crippen LogP contribution in [0.2, 0.25) is 0 Å². The Labute approximate surface area is 155 Å². The van der Waals surface area contributed by atoms with Crippen molar-refractivity contribution in [2.24, 2.45) is 23.2 Å². The fraction of sp³-hybridized carbons (Fsp3) is 0.565. The molecule has 4 bridgehead atoms. The maximum atomic E-state index is 12.8. The summed E-state index contributed by atoms with van der Waals surface area (Å²) in [5, 5.41) is 4.49. The lowest BCUT2D eigenvalue weighted by atomic mass is 9.48. The predicted octanol–water partition coefficient (Wildman–Crippen LogP) is 4.50. The van der Waals surface area contributed by atoms with Gasteiger partial charge < -0.3 is 5.32 Å². The summed E-state index contributed by atoms with van der Waals surface area (Å²) in [4.78, 5) is 17.3. The van der Waals surface area contributed by atoms with Crippen molar-refractivity contribution >= 4 is 16.8 Å². The molecule has 4 aliphatic carbocycles. The monoisotopic (exact) mass is 348 g/mol. The zero-order valence-electron chi connectivity index (χ0n) is 15.6. The second-order valence-electron chi connectivity index (χ2n) is 9.24. The van der Waals surface area contributed by atoms with E-state index in [4.69, 9.17) is 0 Å². The summed E-state index contributed by atoms with van der Waals surface area (Å²) in [6.07, 6.45) is 10.6. The van der Waals surface area contributed by atoms with Gasteiger partial charge >= 0.3 is 0 Å². The number of nitrogens with one attached hydrogen (secondary N) is 1. The summed E-state index contributed by atoms with van der Waals surface area (Å²) < 4.78 is 0. The number of benzene rings is 1. The smallest absolute Gasteiger partial charge is 0.224 e. The van der Waals surface area contributed by atoms with Crippen LogP contribution in [0.15, 0.2) is 36.5 Å². The number of carbonyl (C=O) groups is 1. The number of hydrogen-bond acceptors (Lipinski definition) is 2. The van der Waals surface area contributed by atoms with Crippen molar-refractivity contribution in [1.29, 1.82) is 0 Å². The van der Waals surface area contributed by atoms with Crippen LogP contribution < -0.4 is 5.32 Å². The minimum Gasteiger partial charge on any atom is -0.353 e. The van der Waals surface area contributed by atoms with Crippen LogP contribution in [-0.4, -0.2) is 16.9 Å². The minimum atomic E-state index is 0.145. The third kappa shape index (κ3) is 2.72. The highest BCUT2D eigenvalue weighted by Gasteiger charge is 2.53. The SMILES string of the molecule is C[C@@H](NC(=O)Cc1cccc2cccnc12)C12CC3CC(CC(C3)C1)C2. The number of fused-ring (bicyclic) bond motifs is 1. The molecule has 1 aromatic carbocycles. The summed E-state index contributed by atoms with van der Waals surface area (Å²) in [5.74, 6) is 2.90. The first-order valence-electron chi connectivity index (χ1n) is 10.2. The molecular weight excluding hydrogens is 320 g/mol. The number of carbonyl (C=O) groups excluding carboxylic acids is 1. The van der Waals surface area contributed by atoms with E-state index < -0.39 is 0 Å². The average Bonchev–Trinajstić information content (AvgIpc) is 2.61. The number of amides is 1. The molecule has 0 unspecified atom stereocenters. The molecule has 4 aliphatic rings. The molecule has 6 rings (SSSR count). The highest BCUT2D eigenvalue weighted by molar-refractivity contribution is 5.87. The Balaban J connectivity index is 1.31. The Hall–Kier alpha value is -1.90. The predicted molar refractivity (Wildman–Crippen MR) is 104 cm³/mol. The van der Waals surface area contributed by atoms with Crippen LogP contribution in [0.1, 0.15) is 51.0 Å². The van der Waals surface area contributed by atoms with Gasteiger partial charge in [-0.25, -0.2) is 0 Å². The summed E-state index contributed by atoms with van der Waals surface area (Å²) in [6, 6.07) is 10.4. The van der Waals surface area contributed by atoms with Gasteiger partial charge in [-0.1, -0.05) is 24.3 Å². The number of nitrogens with zero attached hydrogens (tertiary/aromatic N) is 1. The van der Waals surface area contributed by atoms with E-state index in [1.54, 1.807) is 0 Å². The Morgan fingerprint density at radius 3 is 2.46 bits per heavy atom. The van der Waals surface area contributed by atoms with E-state index in [0.29, 0.717) is 11.8 Å². The highest BCUT2D eigenvalue weighted by Crippen LogP contribution is 2.61. The van der Waals surface area contributed by atoms with Crippen molar-refractivity contribution in [2.75, 3.05) is 0 Å². The van der Waals surface area contributed by atoms with Crippen LogP contribution in [0.5, 0.6) is 0 Å². The number of rotatable bonds is 4. The van der Waals surface area contributed by atoms with Crippen molar-refractivity contribution in [2.45, 2.75) is 57.9 Å². The summed E-state index contributed by atoms with van der Waals surface area (Å²) in [6.45, 7) is 2.26. The third-order valence-electron chi connectivity index (χ3n) is 7.45. The van der Waals surface area contributed by atoms with Gasteiger partial charge in [-0.15, -0.1) is 0 Å². The van der Waals surface area contributed by atoms with Crippen LogP contribution in [0.25, 0.3) is 10.9 Å². The number of aromatic nitrogens is 1. The molecule has 3 nitrogen and oxygen atoms in total. The van der Waals surface area contributed by atoms with Gasteiger partial charge in [0.25, 0.3) is 0 Å². The summed E-state index contributed by atoms with van der Waals surface area (Å²) in [7, 11) is 0. The number of pyridine rings is 1. The van der Waals surface area contributed by atoms with Crippen molar-refractivity contribution < 1.29 is 4.79 Å². The second-order valence-corrected chi connectivity index (χ2v) is 9.24. The molecule has 0 radical (unpaired) electrons. The number of para-hydroxylation sites is 1. The normalized spacial score (nSPS) is 33.3. The maximum Gasteiger partial charge on any atom is 0.224 e. The van der Waals surface area contributed by atoms with Gasteiger partial charge in [-0.2, -0.15) is 0 Å². The maximum absolute atomic E-state index is 12.8. The van der Waals surface area contributed by atoms with Gasteiger partial charge in [-0.3, -0.25) is 9.78 Å². The van der Waals surface area contributed by atoms with E-state index >= 15 is 0 Å². The third-order valence-corrected chi connectivity index (χ3v) is 7.45. The molecule has 1 amide bonds. The molecule has 1 atom stereocenters. The molecule has 4 saturated carbocycles. The Morgan fingerprint density at radius 1 is 1.12 bits per heavy atom.